The van der Waals surface area contributed by atoms with Gasteiger partial charge in [-0.05, 0) is 27.2 Å². The van der Waals surface area contributed by atoms with Gasteiger partial charge in [0.25, 0.3) is 0 Å². The van der Waals surface area contributed by atoms with Crippen molar-refractivity contribution in [1.82, 2.24) is 10.6 Å². The van der Waals surface area contributed by atoms with Gasteiger partial charge >= 0.3 is 12.1 Å². The summed E-state index contributed by atoms with van der Waals surface area (Å²) in [5, 5.41) is 14.4. The smallest absolute Gasteiger partial charge is 0.407 e. The lowest BCUT2D eigenvalue weighted by Crippen LogP contribution is -2.40. The predicted octanol–water partition coefficient (Wildman–Crippen LogP) is 0.716. The highest BCUT2D eigenvalue weighted by atomic mass is 16.6. The van der Waals surface area contributed by atoms with E-state index in [-0.39, 0.29) is 18.5 Å². The van der Waals surface area contributed by atoms with E-state index in [0.717, 1.165) is 0 Å². The van der Waals surface area contributed by atoms with E-state index in [1.807, 2.05) is 0 Å². The van der Waals surface area contributed by atoms with E-state index < -0.39 is 17.7 Å². The van der Waals surface area contributed by atoms with Crippen LogP contribution in [0, 0.1) is 0 Å². The number of carboxylic acid groups (broad SMARTS) is 1. The Hall–Kier alpha value is -1.30. The molecule has 1 aliphatic rings. The van der Waals surface area contributed by atoms with Crippen molar-refractivity contribution >= 4 is 12.1 Å². The van der Waals surface area contributed by atoms with Crippen LogP contribution in [0.5, 0.6) is 0 Å². The third kappa shape index (κ3) is 5.53. The van der Waals surface area contributed by atoms with Crippen molar-refractivity contribution in [3.8, 4) is 0 Å². The molecule has 0 aromatic heterocycles. The summed E-state index contributed by atoms with van der Waals surface area (Å²) in [7, 11) is 0. The molecule has 1 heterocycles. The van der Waals surface area contributed by atoms with Crippen LogP contribution in [0.4, 0.5) is 4.79 Å². The molecule has 98 valence electrons. The van der Waals surface area contributed by atoms with Crippen LogP contribution in [0.1, 0.15) is 33.6 Å². The average molecular weight is 244 g/mol. The van der Waals surface area contributed by atoms with Gasteiger partial charge < -0.3 is 20.5 Å². The van der Waals surface area contributed by atoms with Gasteiger partial charge in [-0.15, -0.1) is 0 Å². The summed E-state index contributed by atoms with van der Waals surface area (Å²) in [5.74, 6) is -0.833. The zero-order chi connectivity index (χ0) is 13.1. The Balaban J connectivity index is 2.30. The molecule has 1 fully saturated rings. The second-order valence-electron chi connectivity index (χ2n) is 5.28. The number of aliphatic carboxylic acids is 1. The number of carbonyl (C=O) groups excluding carboxylic acids is 1. The first-order chi connectivity index (χ1) is 7.76. The summed E-state index contributed by atoms with van der Waals surface area (Å²) in [6.07, 6.45) is 0.234. The van der Waals surface area contributed by atoms with E-state index in [2.05, 4.69) is 10.6 Å². The molecule has 0 aliphatic carbocycles. The fourth-order valence-electron chi connectivity index (χ4n) is 1.77. The van der Waals surface area contributed by atoms with Gasteiger partial charge in [0, 0.05) is 18.6 Å². The molecule has 6 heteroatoms. The molecule has 6 nitrogen and oxygen atoms in total. The van der Waals surface area contributed by atoms with Gasteiger partial charge in [-0.1, -0.05) is 0 Å². The van der Waals surface area contributed by atoms with Crippen LogP contribution in [0.2, 0.25) is 0 Å². The monoisotopic (exact) mass is 244 g/mol. The van der Waals surface area contributed by atoms with E-state index in [4.69, 9.17) is 9.84 Å². The lowest BCUT2D eigenvalue weighted by atomic mass is 10.1. The molecule has 0 bridgehead atoms. The second kappa shape index (κ2) is 5.35. The zero-order valence-corrected chi connectivity index (χ0v) is 10.4. The normalized spacial score (nSPS) is 24.4. The molecule has 0 saturated carbocycles. The maximum atomic E-state index is 11.5. The zero-order valence-electron chi connectivity index (χ0n) is 10.4. The number of amides is 1. The highest BCUT2D eigenvalue weighted by molar-refractivity contribution is 5.69. The SMILES string of the molecule is CC(C)(C)OC(=O)NC1CNC(CC(=O)O)C1. The van der Waals surface area contributed by atoms with Gasteiger partial charge in [0.2, 0.25) is 0 Å². The summed E-state index contributed by atoms with van der Waals surface area (Å²) in [6, 6.07) is -0.137. The van der Waals surface area contributed by atoms with E-state index in [1.165, 1.54) is 0 Å². The van der Waals surface area contributed by atoms with E-state index in [9.17, 15) is 9.59 Å². The Morgan fingerprint density at radius 1 is 1.47 bits per heavy atom. The van der Waals surface area contributed by atoms with Crippen LogP contribution >= 0.6 is 0 Å². The first-order valence-corrected chi connectivity index (χ1v) is 5.71. The highest BCUT2D eigenvalue weighted by Crippen LogP contribution is 2.12. The Kier molecular flexibility index (Phi) is 4.34. The summed E-state index contributed by atoms with van der Waals surface area (Å²) >= 11 is 0. The minimum absolute atomic E-state index is 0.0609. The van der Waals surface area contributed by atoms with Crippen LogP contribution in [0.15, 0.2) is 0 Å². The maximum Gasteiger partial charge on any atom is 0.407 e. The first kappa shape index (κ1) is 13.8. The molecule has 1 amide bonds. The largest absolute Gasteiger partial charge is 0.481 e. The predicted molar refractivity (Wildman–Crippen MR) is 61.8 cm³/mol. The summed E-state index contributed by atoms with van der Waals surface area (Å²) < 4.78 is 5.12. The topological polar surface area (TPSA) is 87.7 Å². The first-order valence-electron chi connectivity index (χ1n) is 5.71. The van der Waals surface area contributed by atoms with E-state index in [0.29, 0.717) is 13.0 Å². The number of alkyl carbamates (subject to hydrolysis) is 1. The lowest BCUT2D eigenvalue weighted by molar-refractivity contribution is -0.137. The molecular formula is C11H20N2O4. The molecule has 3 N–H and O–H groups in total. The summed E-state index contributed by atoms with van der Waals surface area (Å²) in [4.78, 5) is 22.0. The average Bonchev–Trinajstić information content (AvgIpc) is 2.46. The van der Waals surface area contributed by atoms with Gasteiger partial charge in [-0.25, -0.2) is 4.79 Å². The fourth-order valence-corrected chi connectivity index (χ4v) is 1.77. The third-order valence-electron chi connectivity index (χ3n) is 2.36. The number of carboxylic acids is 1. The lowest BCUT2D eigenvalue weighted by Gasteiger charge is -2.21. The van der Waals surface area contributed by atoms with Gasteiger partial charge in [0.1, 0.15) is 5.60 Å². The summed E-state index contributed by atoms with van der Waals surface area (Å²) in [6.45, 7) is 5.98. The van der Waals surface area contributed by atoms with Crippen LogP contribution in [0.3, 0.4) is 0 Å². The van der Waals surface area contributed by atoms with Crippen molar-refractivity contribution in [3.63, 3.8) is 0 Å². The minimum atomic E-state index is -0.833. The van der Waals surface area contributed by atoms with Gasteiger partial charge in [-0.2, -0.15) is 0 Å². The molecular weight excluding hydrogens is 224 g/mol. The molecule has 17 heavy (non-hydrogen) atoms. The Morgan fingerprint density at radius 2 is 2.12 bits per heavy atom. The molecule has 0 aromatic carbocycles. The van der Waals surface area contributed by atoms with Crippen molar-refractivity contribution in [1.29, 1.82) is 0 Å². The third-order valence-corrected chi connectivity index (χ3v) is 2.36. The Bertz CT molecular complexity index is 298. The molecule has 1 saturated heterocycles. The van der Waals surface area contributed by atoms with E-state index in [1.54, 1.807) is 20.8 Å². The molecule has 0 radical (unpaired) electrons. The molecule has 0 aromatic rings. The van der Waals surface area contributed by atoms with Gasteiger partial charge in [-0.3, -0.25) is 4.79 Å². The quantitative estimate of drug-likeness (QED) is 0.680. The number of ether oxygens (including phenoxy) is 1. The van der Waals surface area contributed by atoms with Gasteiger partial charge in [0.05, 0.1) is 6.42 Å². The van der Waals surface area contributed by atoms with Crippen molar-refractivity contribution < 1.29 is 19.4 Å². The molecule has 2 atom stereocenters. The minimum Gasteiger partial charge on any atom is -0.481 e. The van der Waals surface area contributed by atoms with E-state index >= 15 is 0 Å². The molecule has 0 spiro atoms. The maximum absolute atomic E-state index is 11.5. The number of nitrogens with one attached hydrogen (secondary N) is 2. The van der Waals surface area contributed by atoms with Crippen molar-refractivity contribution in [2.24, 2.45) is 0 Å². The highest BCUT2D eigenvalue weighted by Gasteiger charge is 2.28. The summed E-state index contributed by atoms with van der Waals surface area (Å²) in [5.41, 5.74) is -0.517. The Labute approximate surface area is 101 Å². The van der Waals surface area contributed by atoms with Crippen molar-refractivity contribution in [3.05, 3.63) is 0 Å². The molecule has 2 unspecified atom stereocenters. The molecule has 1 rings (SSSR count). The van der Waals surface area contributed by atoms with Crippen LogP contribution in [0.25, 0.3) is 0 Å². The van der Waals surface area contributed by atoms with Gasteiger partial charge in [0.15, 0.2) is 0 Å². The van der Waals surface area contributed by atoms with Crippen LogP contribution < -0.4 is 10.6 Å². The van der Waals surface area contributed by atoms with Crippen LogP contribution in [-0.2, 0) is 9.53 Å². The van der Waals surface area contributed by atoms with Crippen molar-refractivity contribution in [2.75, 3.05) is 6.54 Å². The standard InChI is InChI=1S/C11H20N2O4/c1-11(2,3)17-10(16)13-8-4-7(12-6-8)5-9(14)15/h7-8,12H,4-6H2,1-3H3,(H,13,16)(H,14,15). The number of hydrogen-bond donors (Lipinski definition) is 3. The van der Waals surface area contributed by atoms with Crippen LogP contribution in [-0.4, -0.2) is 41.4 Å². The fraction of sp³-hybridized carbons (Fsp3) is 0.818. The Morgan fingerprint density at radius 3 is 2.65 bits per heavy atom. The van der Waals surface area contributed by atoms with Crippen molar-refractivity contribution in [2.45, 2.75) is 51.3 Å². The number of rotatable bonds is 3. The molecule has 1 aliphatic heterocycles. The number of hydrogen-bond acceptors (Lipinski definition) is 4. The number of carbonyl (C=O) groups is 2. The second-order valence-corrected chi connectivity index (χ2v) is 5.28.